The quantitative estimate of drug-likeness (QED) is 0.806. The first-order valence-electron chi connectivity index (χ1n) is 5.18. The van der Waals surface area contributed by atoms with Crippen LogP contribution in [0.2, 0.25) is 0 Å². The lowest BCUT2D eigenvalue weighted by atomic mass is 10.1. The van der Waals surface area contributed by atoms with Crippen LogP contribution in [-0.2, 0) is 11.3 Å². The van der Waals surface area contributed by atoms with Gasteiger partial charge in [-0.15, -0.1) is 0 Å². The van der Waals surface area contributed by atoms with E-state index in [-0.39, 0.29) is 17.9 Å². The highest BCUT2D eigenvalue weighted by Crippen LogP contribution is 2.08. The SMILES string of the molecule is O=C1C=CN(Cc2cccc(C(=O)O)c2)NC1. The predicted octanol–water partition coefficient (Wildman–Crippen LogP) is 0.788. The number of carboxylic acid groups (broad SMARTS) is 1. The zero-order chi connectivity index (χ0) is 12.3. The van der Waals surface area contributed by atoms with E-state index in [2.05, 4.69) is 5.43 Å². The molecule has 0 spiro atoms. The highest BCUT2D eigenvalue weighted by Gasteiger charge is 2.10. The first-order valence-corrected chi connectivity index (χ1v) is 5.18. The summed E-state index contributed by atoms with van der Waals surface area (Å²) in [5.74, 6) is -0.912. The number of hydrogen-bond donors (Lipinski definition) is 2. The number of carboxylic acids is 1. The van der Waals surface area contributed by atoms with Crippen molar-refractivity contribution in [3.8, 4) is 0 Å². The number of hydrogen-bond acceptors (Lipinski definition) is 4. The Labute approximate surface area is 98.3 Å². The molecule has 0 unspecified atom stereocenters. The second kappa shape index (κ2) is 4.80. The average molecular weight is 232 g/mol. The molecule has 2 N–H and O–H groups in total. The molecule has 0 saturated heterocycles. The molecule has 5 nitrogen and oxygen atoms in total. The van der Waals surface area contributed by atoms with Crippen LogP contribution in [0.15, 0.2) is 36.5 Å². The van der Waals surface area contributed by atoms with Gasteiger partial charge in [0.1, 0.15) is 0 Å². The second-order valence-electron chi connectivity index (χ2n) is 3.75. The fourth-order valence-corrected chi connectivity index (χ4v) is 1.57. The van der Waals surface area contributed by atoms with Crippen LogP contribution in [0, 0.1) is 0 Å². The van der Waals surface area contributed by atoms with Gasteiger partial charge in [-0.05, 0) is 23.8 Å². The first-order chi connectivity index (χ1) is 8.15. The Hall–Kier alpha value is -2.14. The minimum Gasteiger partial charge on any atom is -0.478 e. The molecule has 0 fully saturated rings. The van der Waals surface area contributed by atoms with E-state index in [1.165, 1.54) is 6.08 Å². The van der Waals surface area contributed by atoms with E-state index in [4.69, 9.17) is 5.11 Å². The summed E-state index contributed by atoms with van der Waals surface area (Å²) >= 11 is 0. The van der Waals surface area contributed by atoms with Gasteiger partial charge in [0.2, 0.25) is 0 Å². The number of nitrogens with zero attached hydrogens (tertiary/aromatic N) is 1. The van der Waals surface area contributed by atoms with Crippen molar-refractivity contribution in [1.82, 2.24) is 10.4 Å². The summed E-state index contributed by atoms with van der Waals surface area (Å²) in [5.41, 5.74) is 4.05. The summed E-state index contributed by atoms with van der Waals surface area (Å²) in [5, 5.41) is 10.6. The summed E-state index contributed by atoms with van der Waals surface area (Å²) in [7, 11) is 0. The number of rotatable bonds is 3. The molecule has 0 saturated carbocycles. The minimum absolute atomic E-state index is 0.0283. The fourth-order valence-electron chi connectivity index (χ4n) is 1.57. The van der Waals surface area contributed by atoms with Gasteiger partial charge in [0.25, 0.3) is 0 Å². The topological polar surface area (TPSA) is 69.6 Å². The van der Waals surface area contributed by atoms with Crippen molar-refractivity contribution in [2.24, 2.45) is 0 Å². The Morgan fingerprint density at radius 2 is 2.29 bits per heavy atom. The van der Waals surface area contributed by atoms with Crippen molar-refractivity contribution in [1.29, 1.82) is 0 Å². The third-order valence-corrected chi connectivity index (χ3v) is 2.42. The van der Waals surface area contributed by atoms with Gasteiger partial charge in [-0.1, -0.05) is 12.1 Å². The molecule has 0 aromatic heterocycles. The molecule has 1 aromatic carbocycles. The Balaban J connectivity index is 2.08. The maximum atomic E-state index is 11.0. The summed E-state index contributed by atoms with van der Waals surface area (Å²) in [6.07, 6.45) is 3.15. The largest absolute Gasteiger partial charge is 0.478 e. The molecular weight excluding hydrogens is 220 g/mol. The van der Waals surface area contributed by atoms with Gasteiger partial charge >= 0.3 is 5.97 Å². The molecule has 88 valence electrons. The molecule has 17 heavy (non-hydrogen) atoms. The van der Waals surface area contributed by atoms with E-state index in [0.717, 1.165) is 5.56 Å². The molecule has 0 aliphatic carbocycles. The Morgan fingerprint density at radius 1 is 1.47 bits per heavy atom. The summed E-state index contributed by atoms with van der Waals surface area (Å²) in [4.78, 5) is 21.8. The van der Waals surface area contributed by atoms with E-state index in [1.54, 1.807) is 29.4 Å². The van der Waals surface area contributed by atoms with Crippen molar-refractivity contribution in [3.05, 3.63) is 47.7 Å². The standard InChI is InChI=1S/C12H12N2O3/c15-11-4-5-14(13-7-11)8-9-2-1-3-10(6-9)12(16)17/h1-6,13H,7-8H2,(H,16,17). The van der Waals surface area contributed by atoms with Crippen LogP contribution in [-0.4, -0.2) is 28.4 Å². The van der Waals surface area contributed by atoms with Gasteiger partial charge in [0.15, 0.2) is 5.78 Å². The molecule has 1 aliphatic rings. The molecule has 2 rings (SSSR count). The van der Waals surface area contributed by atoms with Crippen molar-refractivity contribution in [2.75, 3.05) is 6.54 Å². The minimum atomic E-state index is -0.941. The number of aromatic carboxylic acids is 1. The van der Waals surface area contributed by atoms with Crippen LogP contribution in [0.4, 0.5) is 0 Å². The van der Waals surface area contributed by atoms with Gasteiger partial charge in [0, 0.05) is 6.20 Å². The first kappa shape index (κ1) is 11.3. The van der Waals surface area contributed by atoms with Gasteiger partial charge < -0.3 is 10.1 Å². The molecule has 1 heterocycles. The van der Waals surface area contributed by atoms with Crippen molar-refractivity contribution < 1.29 is 14.7 Å². The highest BCUT2D eigenvalue weighted by atomic mass is 16.4. The average Bonchev–Trinajstić information content (AvgIpc) is 2.32. The Morgan fingerprint density at radius 3 is 2.94 bits per heavy atom. The Bertz CT molecular complexity index is 482. The van der Waals surface area contributed by atoms with Crippen LogP contribution in [0.1, 0.15) is 15.9 Å². The van der Waals surface area contributed by atoms with Gasteiger partial charge in [-0.3, -0.25) is 4.79 Å². The monoisotopic (exact) mass is 232 g/mol. The summed E-state index contributed by atoms with van der Waals surface area (Å²) < 4.78 is 0. The molecular formula is C12H12N2O3. The van der Waals surface area contributed by atoms with Gasteiger partial charge in [0.05, 0.1) is 18.7 Å². The van der Waals surface area contributed by atoms with Crippen molar-refractivity contribution in [2.45, 2.75) is 6.54 Å². The fraction of sp³-hybridized carbons (Fsp3) is 0.167. The highest BCUT2D eigenvalue weighted by molar-refractivity contribution is 5.91. The summed E-state index contributed by atoms with van der Waals surface area (Å²) in [6, 6.07) is 6.72. The van der Waals surface area contributed by atoms with E-state index < -0.39 is 5.97 Å². The zero-order valence-electron chi connectivity index (χ0n) is 9.09. The smallest absolute Gasteiger partial charge is 0.335 e. The number of carbonyl (C=O) groups excluding carboxylic acids is 1. The number of nitrogens with one attached hydrogen (secondary N) is 1. The van der Waals surface area contributed by atoms with Gasteiger partial charge in [-0.2, -0.15) is 0 Å². The van der Waals surface area contributed by atoms with E-state index in [9.17, 15) is 9.59 Å². The molecule has 1 aliphatic heterocycles. The van der Waals surface area contributed by atoms with Crippen LogP contribution in [0.5, 0.6) is 0 Å². The third-order valence-electron chi connectivity index (χ3n) is 2.42. The third kappa shape index (κ3) is 2.92. The number of carbonyl (C=O) groups is 2. The lowest BCUT2D eigenvalue weighted by Gasteiger charge is -2.23. The van der Waals surface area contributed by atoms with E-state index in [1.807, 2.05) is 6.07 Å². The zero-order valence-corrected chi connectivity index (χ0v) is 9.09. The molecule has 0 atom stereocenters. The maximum absolute atomic E-state index is 11.0. The van der Waals surface area contributed by atoms with Gasteiger partial charge in [-0.25, -0.2) is 10.2 Å². The molecule has 1 aromatic rings. The Kier molecular flexibility index (Phi) is 3.20. The van der Waals surface area contributed by atoms with E-state index in [0.29, 0.717) is 6.54 Å². The second-order valence-corrected chi connectivity index (χ2v) is 3.75. The van der Waals surface area contributed by atoms with E-state index >= 15 is 0 Å². The normalized spacial score (nSPS) is 15.1. The van der Waals surface area contributed by atoms with Crippen LogP contribution in [0.25, 0.3) is 0 Å². The molecule has 0 amide bonds. The van der Waals surface area contributed by atoms with Crippen LogP contribution in [0.3, 0.4) is 0 Å². The molecule has 0 radical (unpaired) electrons. The predicted molar refractivity (Wildman–Crippen MR) is 61.1 cm³/mol. The lowest BCUT2D eigenvalue weighted by molar-refractivity contribution is -0.115. The van der Waals surface area contributed by atoms with Crippen LogP contribution >= 0.6 is 0 Å². The number of ketones is 1. The maximum Gasteiger partial charge on any atom is 0.335 e. The summed E-state index contributed by atoms with van der Waals surface area (Å²) in [6.45, 7) is 0.792. The van der Waals surface area contributed by atoms with Crippen LogP contribution < -0.4 is 5.43 Å². The number of benzene rings is 1. The lowest BCUT2D eigenvalue weighted by Crippen LogP contribution is -2.39. The van der Waals surface area contributed by atoms with Crippen molar-refractivity contribution >= 4 is 11.8 Å². The molecule has 0 bridgehead atoms. The van der Waals surface area contributed by atoms with Crippen molar-refractivity contribution in [3.63, 3.8) is 0 Å². The molecule has 5 heteroatoms. The number of hydrazine groups is 1.